The van der Waals surface area contributed by atoms with Crippen LogP contribution in [0.3, 0.4) is 0 Å². The van der Waals surface area contributed by atoms with Gasteiger partial charge in [-0.3, -0.25) is 4.79 Å². The third kappa shape index (κ3) is 4.13. The zero-order valence-electron chi connectivity index (χ0n) is 16.7. The number of hydrogen-bond acceptors (Lipinski definition) is 5. The summed E-state index contributed by atoms with van der Waals surface area (Å²) in [7, 11) is 1.64. The molecule has 1 unspecified atom stereocenters. The minimum absolute atomic E-state index is 0.00839. The van der Waals surface area contributed by atoms with Crippen molar-refractivity contribution in [1.82, 2.24) is 4.90 Å². The lowest BCUT2D eigenvalue weighted by Crippen LogP contribution is -2.56. The first kappa shape index (κ1) is 20.2. The highest BCUT2D eigenvalue weighted by molar-refractivity contribution is 6.02. The first-order chi connectivity index (χ1) is 13.6. The molecule has 6 heteroatoms. The van der Waals surface area contributed by atoms with Crippen molar-refractivity contribution in [2.24, 2.45) is 0 Å². The number of carbonyl (C=O) groups is 1. The Hall–Kier alpha value is -2.57. The first-order valence-corrected chi connectivity index (χ1v) is 9.59. The highest BCUT2D eigenvalue weighted by Crippen LogP contribution is 2.38. The van der Waals surface area contributed by atoms with E-state index < -0.39 is 5.66 Å². The predicted molar refractivity (Wildman–Crippen MR) is 109 cm³/mol. The molecule has 2 aromatic carbocycles. The van der Waals surface area contributed by atoms with Gasteiger partial charge in [0, 0.05) is 25.9 Å². The Morgan fingerprint density at radius 2 is 1.79 bits per heavy atom. The van der Waals surface area contributed by atoms with E-state index in [4.69, 9.17) is 14.2 Å². The molecule has 1 atom stereocenters. The number of ether oxygens (including phenoxy) is 3. The van der Waals surface area contributed by atoms with Crippen LogP contribution < -0.4 is 10.1 Å². The lowest BCUT2D eigenvalue weighted by Gasteiger charge is -2.46. The summed E-state index contributed by atoms with van der Waals surface area (Å²) >= 11 is 0. The average Bonchev–Trinajstić information content (AvgIpc) is 2.71. The van der Waals surface area contributed by atoms with Gasteiger partial charge in [0.15, 0.2) is 0 Å². The van der Waals surface area contributed by atoms with E-state index in [2.05, 4.69) is 5.32 Å². The van der Waals surface area contributed by atoms with E-state index in [0.717, 1.165) is 17.0 Å². The van der Waals surface area contributed by atoms with Crippen LogP contribution in [-0.2, 0) is 15.1 Å². The van der Waals surface area contributed by atoms with Crippen LogP contribution >= 0.6 is 0 Å². The number of nitrogens with zero attached hydrogens (tertiary/aromatic N) is 1. The Morgan fingerprint density at radius 1 is 1.04 bits per heavy atom. The molecule has 0 radical (unpaired) electrons. The number of benzene rings is 2. The number of anilines is 1. The van der Waals surface area contributed by atoms with Crippen LogP contribution in [0.25, 0.3) is 0 Å². The molecule has 3 rings (SSSR count). The Morgan fingerprint density at radius 3 is 2.50 bits per heavy atom. The SMILES string of the molecule is CCOCCOc1ccc(C2(C)Nc3ccccc3C(=O)N2CCOC)cc1. The summed E-state index contributed by atoms with van der Waals surface area (Å²) in [6.45, 7) is 6.67. The van der Waals surface area contributed by atoms with Gasteiger partial charge in [0.2, 0.25) is 0 Å². The van der Waals surface area contributed by atoms with E-state index in [0.29, 0.717) is 38.5 Å². The van der Waals surface area contributed by atoms with Crippen molar-refractivity contribution in [2.75, 3.05) is 45.4 Å². The Kier molecular flexibility index (Phi) is 6.54. The molecule has 28 heavy (non-hydrogen) atoms. The molecule has 2 aromatic rings. The smallest absolute Gasteiger partial charge is 0.258 e. The number of methoxy groups -OCH3 is 1. The highest BCUT2D eigenvalue weighted by Gasteiger charge is 2.42. The Bertz CT molecular complexity index is 793. The molecule has 0 saturated heterocycles. The fourth-order valence-corrected chi connectivity index (χ4v) is 3.43. The molecular formula is C22H28N2O4. The Balaban J connectivity index is 1.85. The molecule has 1 amide bonds. The van der Waals surface area contributed by atoms with E-state index in [1.165, 1.54) is 0 Å². The minimum atomic E-state index is -0.687. The van der Waals surface area contributed by atoms with Crippen LogP contribution in [0.4, 0.5) is 5.69 Å². The topological polar surface area (TPSA) is 60.0 Å². The lowest BCUT2D eigenvalue weighted by atomic mass is 9.93. The zero-order valence-corrected chi connectivity index (χ0v) is 16.7. The van der Waals surface area contributed by atoms with Gasteiger partial charge in [-0.25, -0.2) is 0 Å². The van der Waals surface area contributed by atoms with E-state index in [1.54, 1.807) is 7.11 Å². The molecule has 150 valence electrons. The van der Waals surface area contributed by atoms with Gasteiger partial charge in [0.25, 0.3) is 5.91 Å². The number of rotatable bonds is 9. The summed E-state index contributed by atoms with van der Waals surface area (Å²) < 4.78 is 16.2. The third-order valence-electron chi connectivity index (χ3n) is 4.96. The van der Waals surface area contributed by atoms with E-state index in [9.17, 15) is 4.79 Å². The van der Waals surface area contributed by atoms with Crippen molar-refractivity contribution in [1.29, 1.82) is 0 Å². The fraction of sp³-hybridized carbons (Fsp3) is 0.409. The van der Waals surface area contributed by atoms with Crippen LogP contribution in [0.1, 0.15) is 29.8 Å². The lowest BCUT2D eigenvalue weighted by molar-refractivity contribution is 0.0438. The van der Waals surface area contributed by atoms with Crippen LogP contribution in [-0.4, -0.2) is 50.9 Å². The van der Waals surface area contributed by atoms with Gasteiger partial charge in [-0.15, -0.1) is 0 Å². The van der Waals surface area contributed by atoms with Crippen LogP contribution in [0, 0.1) is 0 Å². The van der Waals surface area contributed by atoms with E-state index in [1.807, 2.05) is 67.3 Å². The van der Waals surface area contributed by atoms with Gasteiger partial charge in [0.1, 0.15) is 18.0 Å². The van der Waals surface area contributed by atoms with E-state index >= 15 is 0 Å². The molecular weight excluding hydrogens is 356 g/mol. The van der Waals surface area contributed by atoms with Gasteiger partial charge in [-0.2, -0.15) is 0 Å². The normalized spacial score (nSPS) is 18.5. The molecule has 0 fully saturated rings. The van der Waals surface area contributed by atoms with Gasteiger partial charge in [-0.1, -0.05) is 24.3 Å². The molecule has 0 aliphatic carbocycles. The number of carbonyl (C=O) groups excluding carboxylic acids is 1. The maximum absolute atomic E-state index is 13.2. The van der Waals surface area contributed by atoms with Crippen molar-refractivity contribution in [3.8, 4) is 5.75 Å². The maximum Gasteiger partial charge on any atom is 0.258 e. The molecule has 6 nitrogen and oxygen atoms in total. The average molecular weight is 384 g/mol. The third-order valence-corrected chi connectivity index (χ3v) is 4.96. The number of amides is 1. The molecule has 0 aromatic heterocycles. The molecule has 0 spiro atoms. The molecule has 1 aliphatic heterocycles. The van der Waals surface area contributed by atoms with Crippen molar-refractivity contribution in [2.45, 2.75) is 19.5 Å². The number of para-hydroxylation sites is 1. The second kappa shape index (κ2) is 9.08. The Labute approximate surface area is 166 Å². The first-order valence-electron chi connectivity index (χ1n) is 9.59. The largest absolute Gasteiger partial charge is 0.491 e. The standard InChI is InChI=1S/C22H28N2O4/c1-4-27-15-16-28-18-11-9-17(10-12-18)22(2)23-20-8-6-5-7-19(20)21(25)24(22)13-14-26-3/h5-12,23H,4,13-16H2,1-3H3. The monoisotopic (exact) mass is 384 g/mol. The quantitative estimate of drug-likeness (QED) is 0.671. The van der Waals surface area contributed by atoms with Crippen molar-refractivity contribution >= 4 is 11.6 Å². The molecule has 1 aliphatic rings. The summed E-state index contributed by atoms with van der Waals surface area (Å²) in [4.78, 5) is 15.0. The number of hydrogen-bond donors (Lipinski definition) is 1. The second-order valence-electron chi connectivity index (χ2n) is 6.76. The zero-order chi connectivity index (χ0) is 20.0. The van der Waals surface area contributed by atoms with Crippen LogP contribution in [0.5, 0.6) is 5.75 Å². The van der Waals surface area contributed by atoms with Crippen LogP contribution in [0.2, 0.25) is 0 Å². The predicted octanol–water partition coefficient (Wildman–Crippen LogP) is 3.49. The minimum Gasteiger partial charge on any atom is -0.491 e. The molecule has 1 heterocycles. The van der Waals surface area contributed by atoms with E-state index in [-0.39, 0.29) is 5.91 Å². The number of nitrogens with one attached hydrogen (secondary N) is 1. The molecule has 0 saturated carbocycles. The fourth-order valence-electron chi connectivity index (χ4n) is 3.43. The maximum atomic E-state index is 13.2. The second-order valence-corrected chi connectivity index (χ2v) is 6.76. The van der Waals surface area contributed by atoms with Gasteiger partial charge in [-0.05, 0) is 43.7 Å². The summed E-state index contributed by atoms with van der Waals surface area (Å²) in [5.41, 5.74) is 1.80. The van der Waals surface area contributed by atoms with Crippen molar-refractivity contribution in [3.05, 3.63) is 59.7 Å². The summed E-state index contributed by atoms with van der Waals surface area (Å²) in [6.07, 6.45) is 0. The summed E-state index contributed by atoms with van der Waals surface area (Å²) in [5.74, 6) is 0.768. The molecule has 1 N–H and O–H groups in total. The van der Waals surface area contributed by atoms with Gasteiger partial charge >= 0.3 is 0 Å². The number of fused-ring (bicyclic) bond motifs is 1. The summed E-state index contributed by atoms with van der Waals surface area (Å²) in [5, 5.41) is 3.55. The van der Waals surface area contributed by atoms with Gasteiger partial charge in [0.05, 0.1) is 18.8 Å². The van der Waals surface area contributed by atoms with Crippen molar-refractivity contribution < 1.29 is 19.0 Å². The van der Waals surface area contributed by atoms with Gasteiger partial charge < -0.3 is 24.4 Å². The van der Waals surface area contributed by atoms with Crippen LogP contribution in [0.15, 0.2) is 48.5 Å². The summed E-state index contributed by atoms with van der Waals surface area (Å²) in [6, 6.07) is 15.4. The molecule has 0 bridgehead atoms. The highest BCUT2D eigenvalue weighted by atomic mass is 16.5. The van der Waals surface area contributed by atoms with Crippen molar-refractivity contribution in [3.63, 3.8) is 0 Å².